The number of nitrogens with two attached hydrogens (primary N) is 1. The van der Waals surface area contributed by atoms with Crippen molar-refractivity contribution in [2.24, 2.45) is 5.73 Å². The van der Waals surface area contributed by atoms with E-state index in [0.717, 1.165) is 28.5 Å². The third-order valence-electron chi connectivity index (χ3n) is 3.13. The molecule has 102 valence electrons. The smallest absolute Gasteiger partial charge is 0.0798 e. The Morgan fingerprint density at radius 2 is 2.21 bits per heavy atom. The third-order valence-corrected chi connectivity index (χ3v) is 4.36. The summed E-state index contributed by atoms with van der Waals surface area (Å²) in [5.41, 5.74) is 10.9. The van der Waals surface area contributed by atoms with Crippen LogP contribution in [-0.4, -0.2) is 12.0 Å². The lowest BCUT2D eigenvalue weighted by molar-refractivity contribution is 0.817. The summed E-state index contributed by atoms with van der Waals surface area (Å²) in [6, 6.07) is 6.00. The van der Waals surface area contributed by atoms with E-state index in [1.807, 2.05) is 44.6 Å². The van der Waals surface area contributed by atoms with Gasteiger partial charge in [-0.15, -0.1) is 11.3 Å². The van der Waals surface area contributed by atoms with Crippen LogP contribution in [0.3, 0.4) is 0 Å². The van der Waals surface area contributed by atoms with E-state index in [0.29, 0.717) is 0 Å². The first-order chi connectivity index (χ1) is 8.99. The van der Waals surface area contributed by atoms with E-state index in [2.05, 4.69) is 9.88 Å². The van der Waals surface area contributed by atoms with Crippen LogP contribution in [-0.2, 0) is 6.54 Å². The normalized spacial score (nSPS) is 12.5. The third kappa shape index (κ3) is 3.26. The lowest BCUT2D eigenvalue weighted by Crippen LogP contribution is -2.17. The van der Waals surface area contributed by atoms with Gasteiger partial charge in [0.1, 0.15) is 0 Å². The molecule has 1 aromatic heterocycles. The highest BCUT2D eigenvalue weighted by Crippen LogP contribution is 2.29. The summed E-state index contributed by atoms with van der Waals surface area (Å²) in [4.78, 5) is 7.66. The van der Waals surface area contributed by atoms with Crippen LogP contribution in [0.1, 0.15) is 29.1 Å². The van der Waals surface area contributed by atoms with Crippen LogP contribution in [0.2, 0.25) is 5.02 Å². The lowest BCUT2D eigenvalue weighted by Gasteiger charge is -2.21. The maximum atomic E-state index is 6.34. The van der Waals surface area contributed by atoms with Crippen molar-refractivity contribution in [3.63, 3.8) is 0 Å². The van der Waals surface area contributed by atoms with Crippen molar-refractivity contribution in [3.05, 3.63) is 44.9 Å². The first-order valence-electron chi connectivity index (χ1n) is 6.14. The van der Waals surface area contributed by atoms with Crippen LogP contribution in [0.5, 0.6) is 0 Å². The lowest BCUT2D eigenvalue weighted by atomic mass is 10.1. The van der Waals surface area contributed by atoms with E-state index in [1.54, 1.807) is 11.3 Å². The molecule has 2 aromatic rings. The van der Waals surface area contributed by atoms with E-state index in [-0.39, 0.29) is 6.04 Å². The molecule has 1 heterocycles. The molecule has 0 fully saturated rings. The fraction of sp³-hybridized carbons (Fsp3) is 0.357. The molecular formula is C14H18ClN3S. The average molecular weight is 296 g/mol. The summed E-state index contributed by atoms with van der Waals surface area (Å²) in [6.45, 7) is 4.80. The quantitative estimate of drug-likeness (QED) is 0.934. The minimum absolute atomic E-state index is 0.000552. The monoisotopic (exact) mass is 295 g/mol. The Morgan fingerprint density at radius 3 is 2.74 bits per heavy atom. The highest BCUT2D eigenvalue weighted by molar-refractivity contribution is 7.09. The van der Waals surface area contributed by atoms with Crippen LogP contribution in [0, 0.1) is 6.92 Å². The number of halogens is 1. The Bertz CT molecular complexity index is 566. The average Bonchev–Trinajstić information content (AvgIpc) is 2.74. The molecule has 1 atom stereocenters. The SMILES string of the molecule is Cc1ncsc1CN(C)c1ccc(C(C)N)cc1Cl. The Hall–Kier alpha value is -1.10. The van der Waals surface area contributed by atoms with Gasteiger partial charge in [-0.2, -0.15) is 0 Å². The van der Waals surface area contributed by atoms with Gasteiger partial charge in [0.05, 0.1) is 28.5 Å². The van der Waals surface area contributed by atoms with Crippen LogP contribution in [0.4, 0.5) is 5.69 Å². The molecule has 0 bridgehead atoms. The second-order valence-electron chi connectivity index (χ2n) is 4.72. The van der Waals surface area contributed by atoms with Crippen molar-refractivity contribution in [2.75, 3.05) is 11.9 Å². The largest absolute Gasteiger partial charge is 0.368 e. The molecule has 5 heteroatoms. The maximum absolute atomic E-state index is 6.34. The van der Waals surface area contributed by atoms with Crippen molar-refractivity contribution in [3.8, 4) is 0 Å². The molecule has 3 nitrogen and oxygen atoms in total. The molecule has 0 radical (unpaired) electrons. The number of rotatable bonds is 4. The summed E-state index contributed by atoms with van der Waals surface area (Å²) in [5, 5.41) is 0.736. The van der Waals surface area contributed by atoms with Crippen LogP contribution < -0.4 is 10.6 Å². The second-order valence-corrected chi connectivity index (χ2v) is 6.06. The number of hydrogen-bond acceptors (Lipinski definition) is 4. The Kier molecular flexibility index (Phi) is 4.45. The Morgan fingerprint density at radius 1 is 1.47 bits per heavy atom. The molecule has 0 saturated heterocycles. The van der Waals surface area contributed by atoms with Gasteiger partial charge < -0.3 is 10.6 Å². The summed E-state index contributed by atoms with van der Waals surface area (Å²) < 4.78 is 0. The number of aromatic nitrogens is 1. The number of nitrogens with zero attached hydrogens (tertiary/aromatic N) is 2. The summed E-state index contributed by atoms with van der Waals surface area (Å²) in [6.07, 6.45) is 0. The van der Waals surface area contributed by atoms with Crippen LogP contribution >= 0.6 is 22.9 Å². The summed E-state index contributed by atoms with van der Waals surface area (Å²) >= 11 is 8.01. The van der Waals surface area contributed by atoms with Crippen molar-refractivity contribution < 1.29 is 0 Å². The van der Waals surface area contributed by atoms with Crippen molar-refractivity contribution >= 4 is 28.6 Å². The standard InChI is InChI=1S/C14H18ClN3S/c1-9(16)11-4-5-13(12(15)6-11)18(3)7-14-10(2)17-8-19-14/h4-6,8-9H,7,16H2,1-3H3. The molecule has 0 aliphatic carbocycles. The predicted molar refractivity (Wildman–Crippen MR) is 83.0 cm³/mol. The van der Waals surface area contributed by atoms with Crippen LogP contribution in [0.25, 0.3) is 0 Å². The second kappa shape index (κ2) is 5.90. The summed E-state index contributed by atoms with van der Waals surface area (Å²) in [5.74, 6) is 0. The first-order valence-corrected chi connectivity index (χ1v) is 7.40. The fourth-order valence-corrected chi connectivity index (χ4v) is 3.06. The molecule has 0 aliphatic heterocycles. The molecule has 0 amide bonds. The molecule has 1 unspecified atom stereocenters. The zero-order valence-corrected chi connectivity index (χ0v) is 12.9. The summed E-state index contributed by atoms with van der Waals surface area (Å²) in [7, 11) is 2.03. The van der Waals surface area contributed by atoms with Gasteiger partial charge in [0.15, 0.2) is 0 Å². The van der Waals surface area contributed by atoms with Crippen molar-refractivity contribution in [1.82, 2.24) is 4.98 Å². The number of hydrogen-bond donors (Lipinski definition) is 1. The molecule has 0 aliphatic rings. The number of thiazole rings is 1. The zero-order valence-electron chi connectivity index (χ0n) is 11.4. The molecule has 19 heavy (non-hydrogen) atoms. The van der Waals surface area contributed by atoms with Gasteiger partial charge in [-0.05, 0) is 31.5 Å². The minimum Gasteiger partial charge on any atom is -0.368 e. The molecule has 0 spiro atoms. The van der Waals surface area contributed by atoms with Gasteiger partial charge in [0, 0.05) is 18.0 Å². The van der Waals surface area contributed by atoms with Gasteiger partial charge in [0.25, 0.3) is 0 Å². The zero-order chi connectivity index (χ0) is 14.0. The molecular weight excluding hydrogens is 278 g/mol. The van der Waals surface area contributed by atoms with E-state index >= 15 is 0 Å². The number of aryl methyl sites for hydroxylation is 1. The highest BCUT2D eigenvalue weighted by atomic mass is 35.5. The van der Waals surface area contributed by atoms with Gasteiger partial charge >= 0.3 is 0 Å². The van der Waals surface area contributed by atoms with E-state index < -0.39 is 0 Å². The number of anilines is 1. The first kappa shape index (κ1) is 14.3. The number of benzene rings is 1. The highest BCUT2D eigenvalue weighted by Gasteiger charge is 2.11. The Labute approximate surface area is 123 Å². The van der Waals surface area contributed by atoms with E-state index in [1.165, 1.54) is 4.88 Å². The molecule has 1 aromatic carbocycles. The fourth-order valence-electron chi connectivity index (χ4n) is 1.89. The van der Waals surface area contributed by atoms with E-state index in [4.69, 9.17) is 17.3 Å². The Balaban J connectivity index is 2.20. The maximum Gasteiger partial charge on any atom is 0.0798 e. The molecule has 0 saturated carbocycles. The van der Waals surface area contributed by atoms with Crippen molar-refractivity contribution in [2.45, 2.75) is 26.4 Å². The van der Waals surface area contributed by atoms with Gasteiger partial charge in [-0.25, -0.2) is 4.98 Å². The topological polar surface area (TPSA) is 42.2 Å². The van der Waals surface area contributed by atoms with Gasteiger partial charge in [0.2, 0.25) is 0 Å². The molecule has 2 rings (SSSR count). The van der Waals surface area contributed by atoms with Gasteiger partial charge in [-0.1, -0.05) is 17.7 Å². The predicted octanol–water partition coefficient (Wildman–Crippen LogP) is 3.76. The van der Waals surface area contributed by atoms with E-state index in [9.17, 15) is 0 Å². The minimum atomic E-state index is 0.000552. The van der Waals surface area contributed by atoms with Crippen molar-refractivity contribution in [1.29, 1.82) is 0 Å². The van der Waals surface area contributed by atoms with Crippen LogP contribution in [0.15, 0.2) is 23.7 Å². The van der Waals surface area contributed by atoms with Gasteiger partial charge in [-0.3, -0.25) is 0 Å². The molecule has 2 N–H and O–H groups in total.